The number of nitrogens with zero attached hydrogens (tertiary/aromatic N) is 2. The van der Waals surface area contributed by atoms with E-state index in [9.17, 15) is 4.79 Å². The van der Waals surface area contributed by atoms with Crippen LogP contribution in [0.5, 0.6) is 0 Å². The highest BCUT2D eigenvalue weighted by atomic mass is 32.1. The van der Waals surface area contributed by atoms with Gasteiger partial charge in [0, 0.05) is 17.3 Å². The molecule has 2 rings (SSSR count). The van der Waals surface area contributed by atoms with Crippen molar-refractivity contribution in [3.8, 4) is 0 Å². The summed E-state index contributed by atoms with van der Waals surface area (Å²) in [4.78, 5) is 20.1. The Morgan fingerprint density at radius 2 is 2.35 bits per heavy atom. The number of hydrogen-bond acceptors (Lipinski definition) is 5. The third-order valence-corrected chi connectivity index (χ3v) is 3.02. The smallest absolute Gasteiger partial charge is 0.356 e. The molecule has 0 saturated carbocycles. The van der Waals surface area contributed by atoms with Crippen molar-refractivity contribution < 1.29 is 9.90 Å². The molecule has 88 valence electrons. The molecule has 0 saturated heterocycles. The van der Waals surface area contributed by atoms with Gasteiger partial charge < -0.3 is 10.4 Å². The Morgan fingerprint density at radius 3 is 3.00 bits per heavy atom. The van der Waals surface area contributed by atoms with E-state index in [2.05, 4.69) is 15.3 Å². The van der Waals surface area contributed by atoms with Crippen LogP contribution in [0.15, 0.2) is 24.5 Å². The Labute approximate surface area is 102 Å². The second kappa shape index (κ2) is 4.92. The van der Waals surface area contributed by atoms with Gasteiger partial charge in [0.2, 0.25) is 0 Å². The normalized spacial score (nSPS) is 10.2. The van der Waals surface area contributed by atoms with Gasteiger partial charge in [-0.2, -0.15) is 0 Å². The summed E-state index contributed by atoms with van der Waals surface area (Å²) in [5.74, 6) is -1.04. The topological polar surface area (TPSA) is 75.1 Å². The number of thiazole rings is 1. The highest BCUT2D eigenvalue weighted by Gasteiger charge is 2.10. The fraction of sp³-hybridized carbons (Fsp3) is 0.182. The standard InChI is InChI=1S/C11H11N3O2S/c1-7-5-14-9(17-7)6-13-8-3-2-4-12-10(8)11(15)16/h2-5,13H,6H2,1H3,(H,15,16). The Kier molecular flexibility index (Phi) is 3.34. The van der Waals surface area contributed by atoms with Crippen molar-refractivity contribution in [3.05, 3.63) is 40.1 Å². The van der Waals surface area contributed by atoms with Gasteiger partial charge in [0.05, 0.1) is 12.2 Å². The van der Waals surface area contributed by atoms with E-state index in [1.807, 2.05) is 6.92 Å². The molecule has 2 N–H and O–H groups in total. The molecule has 2 aromatic rings. The number of aromatic nitrogens is 2. The Morgan fingerprint density at radius 1 is 1.53 bits per heavy atom. The predicted molar refractivity (Wildman–Crippen MR) is 65.4 cm³/mol. The van der Waals surface area contributed by atoms with Crippen LogP contribution in [0.25, 0.3) is 0 Å². The van der Waals surface area contributed by atoms with Crippen LogP contribution in [0, 0.1) is 6.92 Å². The first kappa shape index (κ1) is 11.5. The van der Waals surface area contributed by atoms with Crippen molar-refractivity contribution in [3.63, 3.8) is 0 Å². The molecule has 0 bridgehead atoms. The van der Waals surface area contributed by atoms with E-state index in [0.29, 0.717) is 12.2 Å². The van der Waals surface area contributed by atoms with Crippen LogP contribution >= 0.6 is 11.3 Å². The van der Waals surface area contributed by atoms with Crippen molar-refractivity contribution in [2.45, 2.75) is 13.5 Å². The van der Waals surface area contributed by atoms with Crippen LogP contribution in [-0.4, -0.2) is 21.0 Å². The molecule has 17 heavy (non-hydrogen) atoms. The Bertz CT molecular complexity index is 539. The largest absolute Gasteiger partial charge is 0.476 e. The molecule has 0 fully saturated rings. The van der Waals surface area contributed by atoms with Gasteiger partial charge in [0.1, 0.15) is 5.01 Å². The van der Waals surface area contributed by atoms with Gasteiger partial charge in [-0.05, 0) is 19.1 Å². The lowest BCUT2D eigenvalue weighted by Gasteiger charge is -2.06. The lowest BCUT2D eigenvalue weighted by Crippen LogP contribution is -2.07. The first-order valence-corrected chi connectivity index (χ1v) is 5.82. The van der Waals surface area contributed by atoms with Crippen molar-refractivity contribution >= 4 is 23.0 Å². The molecular weight excluding hydrogens is 238 g/mol. The summed E-state index contributed by atoms with van der Waals surface area (Å²) < 4.78 is 0. The molecule has 0 spiro atoms. The minimum atomic E-state index is -1.04. The molecule has 0 aromatic carbocycles. The number of nitrogens with one attached hydrogen (secondary N) is 1. The number of rotatable bonds is 4. The summed E-state index contributed by atoms with van der Waals surface area (Å²) >= 11 is 1.58. The summed E-state index contributed by atoms with van der Waals surface area (Å²) in [5, 5.41) is 12.9. The van der Waals surface area contributed by atoms with Crippen molar-refractivity contribution in [2.75, 3.05) is 5.32 Å². The minimum absolute atomic E-state index is 0.0285. The van der Waals surface area contributed by atoms with Crippen LogP contribution < -0.4 is 5.32 Å². The summed E-state index contributed by atoms with van der Waals surface area (Å²) in [5.41, 5.74) is 0.536. The maximum atomic E-state index is 10.9. The van der Waals surface area contributed by atoms with E-state index in [-0.39, 0.29) is 5.69 Å². The summed E-state index contributed by atoms with van der Waals surface area (Å²) in [7, 11) is 0. The van der Waals surface area contributed by atoms with Gasteiger partial charge >= 0.3 is 5.97 Å². The molecule has 0 amide bonds. The maximum absolute atomic E-state index is 10.9. The van der Waals surface area contributed by atoms with E-state index in [1.165, 1.54) is 6.20 Å². The van der Waals surface area contributed by atoms with E-state index >= 15 is 0 Å². The molecule has 0 atom stereocenters. The fourth-order valence-corrected chi connectivity index (χ4v) is 2.10. The van der Waals surface area contributed by atoms with Crippen LogP contribution in [0.3, 0.4) is 0 Å². The maximum Gasteiger partial charge on any atom is 0.356 e. The summed E-state index contributed by atoms with van der Waals surface area (Å²) in [6, 6.07) is 3.39. The zero-order valence-electron chi connectivity index (χ0n) is 9.17. The van der Waals surface area contributed by atoms with Crippen LogP contribution in [0.1, 0.15) is 20.4 Å². The average molecular weight is 249 g/mol. The number of carboxylic acids is 1. The minimum Gasteiger partial charge on any atom is -0.476 e. The monoisotopic (exact) mass is 249 g/mol. The number of anilines is 1. The number of hydrogen-bond donors (Lipinski definition) is 2. The Hall–Kier alpha value is -1.95. The average Bonchev–Trinajstić information content (AvgIpc) is 2.73. The van der Waals surface area contributed by atoms with Crippen LogP contribution in [-0.2, 0) is 6.54 Å². The van der Waals surface area contributed by atoms with E-state index < -0.39 is 5.97 Å². The molecule has 0 aliphatic heterocycles. The van der Waals surface area contributed by atoms with Crippen LogP contribution in [0.4, 0.5) is 5.69 Å². The van der Waals surface area contributed by atoms with Crippen molar-refractivity contribution in [1.82, 2.24) is 9.97 Å². The lowest BCUT2D eigenvalue weighted by molar-refractivity contribution is 0.0691. The third-order valence-electron chi connectivity index (χ3n) is 2.11. The Balaban J connectivity index is 2.11. The zero-order chi connectivity index (χ0) is 12.3. The lowest BCUT2D eigenvalue weighted by atomic mass is 10.3. The predicted octanol–water partition coefficient (Wildman–Crippen LogP) is 2.16. The third kappa shape index (κ3) is 2.79. The second-order valence-corrected chi connectivity index (χ2v) is 4.74. The molecule has 6 heteroatoms. The SMILES string of the molecule is Cc1cnc(CNc2cccnc2C(=O)O)s1. The number of aromatic carboxylic acids is 1. The van der Waals surface area contributed by atoms with E-state index in [0.717, 1.165) is 9.88 Å². The number of pyridine rings is 1. The van der Waals surface area contributed by atoms with Gasteiger partial charge in [0.25, 0.3) is 0 Å². The van der Waals surface area contributed by atoms with Crippen molar-refractivity contribution in [1.29, 1.82) is 0 Å². The molecule has 0 radical (unpaired) electrons. The molecule has 0 unspecified atom stereocenters. The van der Waals surface area contributed by atoms with Gasteiger partial charge in [-0.1, -0.05) is 0 Å². The number of aryl methyl sites for hydroxylation is 1. The molecule has 5 nitrogen and oxygen atoms in total. The van der Waals surface area contributed by atoms with Gasteiger partial charge in [-0.15, -0.1) is 11.3 Å². The quantitative estimate of drug-likeness (QED) is 0.868. The second-order valence-electron chi connectivity index (χ2n) is 3.42. The summed E-state index contributed by atoms with van der Waals surface area (Å²) in [6.07, 6.45) is 3.26. The van der Waals surface area contributed by atoms with E-state index in [4.69, 9.17) is 5.11 Å². The number of carbonyl (C=O) groups is 1. The highest BCUT2D eigenvalue weighted by molar-refractivity contribution is 7.11. The molecule has 2 aromatic heterocycles. The van der Waals surface area contributed by atoms with E-state index in [1.54, 1.807) is 29.7 Å². The van der Waals surface area contributed by atoms with Crippen LogP contribution in [0.2, 0.25) is 0 Å². The number of carboxylic acid groups (broad SMARTS) is 1. The molecule has 0 aliphatic rings. The molecule has 2 heterocycles. The molecular formula is C11H11N3O2S. The molecule has 0 aliphatic carbocycles. The van der Waals surface area contributed by atoms with Crippen molar-refractivity contribution in [2.24, 2.45) is 0 Å². The first-order valence-electron chi connectivity index (χ1n) is 5.00. The van der Waals surface area contributed by atoms with Gasteiger partial charge in [0.15, 0.2) is 5.69 Å². The fourth-order valence-electron chi connectivity index (χ4n) is 1.37. The summed E-state index contributed by atoms with van der Waals surface area (Å²) in [6.45, 7) is 2.48. The zero-order valence-corrected chi connectivity index (χ0v) is 9.99. The van der Waals surface area contributed by atoms with Gasteiger partial charge in [-0.3, -0.25) is 0 Å². The van der Waals surface area contributed by atoms with Gasteiger partial charge in [-0.25, -0.2) is 14.8 Å². The highest BCUT2D eigenvalue weighted by Crippen LogP contribution is 2.16. The first-order chi connectivity index (χ1) is 8.16.